The Balaban J connectivity index is 1.18. The molecule has 7 rings (SSSR count). The van der Waals surface area contributed by atoms with Crippen LogP contribution in [0.2, 0.25) is 10.0 Å². The maximum absolute atomic E-state index is 13.7. The highest BCUT2D eigenvalue weighted by Gasteiger charge is 2.69. The molecule has 3 heterocycles. The van der Waals surface area contributed by atoms with E-state index in [1.807, 2.05) is 12.1 Å². The largest absolute Gasteiger partial charge is 0.324 e. The second-order valence-electron chi connectivity index (χ2n) is 10.5. The highest BCUT2D eigenvalue weighted by Crippen LogP contribution is 2.68. The maximum atomic E-state index is 13.7. The van der Waals surface area contributed by atoms with Crippen molar-refractivity contribution >= 4 is 85.6 Å². The maximum Gasteiger partial charge on any atom is 0.305 e. The zero-order chi connectivity index (χ0) is 27.2. The Morgan fingerprint density at radius 2 is 1.82 bits per heavy atom. The molecule has 6 unspecified atom stereocenters. The van der Waals surface area contributed by atoms with Gasteiger partial charge in [-0.15, -0.1) is 11.8 Å². The number of imide groups is 1. The van der Waals surface area contributed by atoms with E-state index in [1.54, 1.807) is 23.9 Å². The molecule has 200 valence electrons. The van der Waals surface area contributed by atoms with Crippen LogP contribution in [0.5, 0.6) is 0 Å². The van der Waals surface area contributed by atoms with E-state index in [9.17, 15) is 19.2 Å². The highest BCUT2D eigenvalue weighted by molar-refractivity contribution is 9.10. The molecular weight excluding hydrogens is 645 g/mol. The van der Waals surface area contributed by atoms with Gasteiger partial charge in [0.2, 0.25) is 17.7 Å². The second kappa shape index (κ2) is 9.48. The SMILES string of the molecule is O=C(CN1C(=O)C2C3CC(C2C1=O)C1C3Sc2[nH]c(=O)sc2[C@@H]1c1cccc(Br)c1)Nc1ccc(Cl)c(Cl)c1. The van der Waals surface area contributed by atoms with E-state index >= 15 is 0 Å². The lowest BCUT2D eigenvalue weighted by molar-refractivity contribution is -0.143. The first-order chi connectivity index (χ1) is 18.7. The fraction of sp³-hybridized carbons (Fsp3) is 0.333. The number of hydrogen-bond donors (Lipinski definition) is 2. The number of benzene rings is 2. The number of aromatic amines is 1. The van der Waals surface area contributed by atoms with Gasteiger partial charge in [-0.25, -0.2) is 0 Å². The van der Waals surface area contributed by atoms with Crippen molar-refractivity contribution in [3.63, 3.8) is 0 Å². The number of fused-ring (bicyclic) bond motifs is 9. The van der Waals surface area contributed by atoms with Crippen molar-refractivity contribution in [2.75, 3.05) is 11.9 Å². The normalized spacial score (nSPS) is 30.3. The fourth-order valence-electron chi connectivity index (χ4n) is 7.23. The third kappa shape index (κ3) is 4.05. The van der Waals surface area contributed by atoms with E-state index in [0.717, 1.165) is 31.3 Å². The second-order valence-corrected chi connectivity index (χ2v) is 14.4. The lowest BCUT2D eigenvalue weighted by Gasteiger charge is -2.43. The summed E-state index contributed by atoms with van der Waals surface area (Å²) in [5.74, 6) is -1.85. The molecule has 0 spiro atoms. The Morgan fingerprint density at radius 3 is 2.56 bits per heavy atom. The van der Waals surface area contributed by atoms with Gasteiger partial charge in [0.15, 0.2) is 0 Å². The van der Waals surface area contributed by atoms with E-state index in [0.29, 0.717) is 15.7 Å². The van der Waals surface area contributed by atoms with Crippen molar-refractivity contribution in [3.05, 3.63) is 77.1 Å². The summed E-state index contributed by atoms with van der Waals surface area (Å²) in [6.07, 6.45) is 0.794. The number of anilines is 1. The van der Waals surface area contributed by atoms with Crippen LogP contribution in [0.3, 0.4) is 0 Å². The lowest BCUT2D eigenvalue weighted by atomic mass is 9.68. The standard InChI is InChI=1S/C27H20BrCl2N3O4S2/c28-11-3-1-2-10(6-11)18-19-13-8-14(22(19)38-24-23(18)39-27(37)32-24)21-20(13)25(35)33(26(21)36)9-17(34)31-12-4-5-15(29)16(30)7-12/h1-7,13-14,18-22H,8-9H2,(H,31,34)(H,32,37)/t13?,14?,18-,19?,20?,21?,22?/m1/s1. The number of amides is 3. The zero-order valence-electron chi connectivity index (χ0n) is 20.0. The molecule has 1 saturated heterocycles. The minimum atomic E-state index is -0.471. The van der Waals surface area contributed by atoms with Gasteiger partial charge in [0.1, 0.15) is 6.54 Å². The average Bonchev–Trinajstić information content (AvgIpc) is 3.62. The fourth-order valence-corrected chi connectivity index (χ4v) is 10.8. The average molecular weight is 665 g/mol. The predicted octanol–water partition coefficient (Wildman–Crippen LogP) is 5.62. The summed E-state index contributed by atoms with van der Waals surface area (Å²) in [5, 5.41) is 4.34. The van der Waals surface area contributed by atoms with Gasteiger partial charge in [-0.05, 0) is 60.1 Å². The summed E-state index contributed by atoms with van der Waals surface area (Å²) < 4.78 is 0.950. The van der Waals surface area contributed by atoms with Gasteiger partial charge in [-0.1, -0.05) is 62.6 Å². The monoisotopic (exact) mass is 663 g/mol. The number of thiazole rings is 1. The number of nitrogens with one attached hydrogen (secondary N) is 2. The van der Waals surface area contributed by atoms with Gasteiger partial charge in [-0.3, -0.25) is 24.1 Å². The van der Waals surface area contributed by atoms with E-state index in [-0.39, 0.29) is 52.2 Å². The van der Waals surface area contributed by atoms with Crippen LogP contribution < -0.4 is 10.2 Å². The van der Waals surface area contributed by atoms with Gasteiger partial charge in [0.05, 0.1) is 26.9 Å². The summed E-state index contributed by atoms with van der Waals surface area (Å²) >= 11 is 18.5. The first-order valence-corrected chi connectivity index (χ1v) is 15.7. The number of hydrogen-bond acceptors (Lipinski definition) is 6. The molecule has 4 aliphatic rings. The van der Waals surface area contributed by atoms with Gasteiger partial charge in [-0.2, -0.15) is 0 Å². The summed E-state index contributed by atoms with van der Waals surface area (Å²) in [7, 11) is 0. The molecule has 3 aromatic rings. The van der Waals surface area contributed by atoms with E-state index in [2.05, 4.69) is 38.4 Å². The number of aromatic nitrogens is 1. The van der Waals surface area contributed by atoms with Crippen LogP contribution in [0.15, 0.2) is 56.8 Å². The lowest BCUT2D eigenvalue weighted by Crippen LogP contribution is -2.42. The molecule has 0 radical (unpaired) electrons. The number of likely N-dealkylation sites (tertiary alicyclic amines) is 1. The first kappa shape index (κ1) is 25.8. The summed E-state index contributed by atoms with van der Waals surface area (Å²) in [4.78, 5) is 57.6. The minimum Gasteiger partial charge on any atom is -0.324 e. The molecule has 2 bridgehead atoms. The van der Waals surface area contributed by atoms with Crippen molar-refractivity contribution < 1.29 is 14.4 Å². The van der Waals surface area contributed by atoms with Crippen molar-refractivity contribution in [2.24, 2.45) is 29.6 Å². The smallest absolute Gasteiger partial charge is 0.305 e. The zero-order valence-corrected chi connectivity index (χ0v) is 24.8. The van der Waals surface area contributed by atoms with Crippen molar-refractivity contribution in [2.45, 2.75) is 22.6 Å². The number of nitrogens with zero attached hydrogens (tertiary/aromatic N) is 1. The molecule has 2 aromatic carbocycles. The van der Waals surface area contributed by atoms with Gasteiger partial charge >= 0.3 is 4.87 Å². The van der Waals surface area contributed by atoms with Crippen LogP contribution in [0, 0.1) is 29.6 Å². The molecule has 3 fully saturated rings. The van der Waals surface area contributed by atoms with Crippen LogP contribution in [0.4, 0.5) is 5.69 Å². The molecule has 1 aromatic heterocycles. The van der Waals surface area contributed by atoms with Crippen molar-refractivity contribution in [1.82, 2.24) is 9.88 Å². The number of thioether (sulfide) groups is 1. The summed E-state index contributed by atoms with van der Waals surface area (Å²) in [5.41, 5.74) is 1.53. The number of carbonyl (C=O) groups is 3. The van der Waals surface area contributed by atoms with Crippen molar-refractivity contribution in [1.29, 1.82) is 0 Å². The summed E-state index contributed by atoms with van der Waals surface area (Å²) in [6.45, 7) is -0.345. The Kier molecular flexibility index (Phi) is 6.28. The van der Waals surface area contributed by atoms with E-state index < -0.39 is 17.7 Å². The molecule has 2 aliphatic carbocycles. The molecule has 2 N–H and O–H groups in total. The number of rotatable bonds is 4. The quantitative estimate of drug-likeness (QED) is 0.353. The number of halogens is 3. The van der Waals surface area contributed by atoms with E-state index in [1.165, 1.54) is 17.4 Å². The molecule has 7 nitrogen and oxygen atoms in total. The molecule has 2 aliphatic heterocycles. The number of H-pyrrole nitrogens is 1. The van der Waals surface area contributed by atoms with Crippen LogP contribution in [0.25, 0.3) is 0 Å². The topological polar surface area (TPSA) is 99.3 Å². The third-order valence-electron chi connectivity index (χ3n) is 8.53. The van der Waals surface area contributed by atoms with Gasteiger partial charge < -0.3 is 10.3 Å². The Labute approximate surface area is 249 Å². The van der Waals surface area contributed by atoms with Crippen LogP contribution >= 0.6 is 62.2 Å². The molecule has 39 heavy (non-hydrogen) atoms. The first-order valence-electron chi connectivity index (χ1n) is 12.5. The van der Waals surface area contributed by atoms with Gasteiger partial charge in [0, 0.05) is 26.2 Å². The van der Waals surface area contributed by atoms with Crippen LogP contribution in [-0.2, 0) is 14.4 Å². The van der Waals surface area contributed by atoms with E-state index in [4.69, 9.17) is 23.2 Å². The predicted molar refractivity (Wildman–Crippen MR) is 154 cm³/mol. The Hall–Kier alpha value is -2.11. The summed E-state index contributed by atoms with van der Waals surface area (Å²) in [6, 6.07) is 12.8. The molecule has 12 heteroatoms. The van der Waals surface area contributed by atoms with Crippen LogP contribution in [0.1, 0.15) is 22.8 Å². The Bertz CT molecular complexity index is 1630. The molecule has 7 atom stereocenters. The van der Waals surface area contributed by atoms with Gasteiger partial charge in [0.25, 0.3) is 0 Å². The van der Waals surface area contributed by atoms with Crippen LogP contribution in [-0.4, -0.2) is 39.4 Å². The Morgan fingerprint density at radius 1 is 1.05 bits per heavy atom. The molecular formula is C27H20BrCl2N3O4S2. The number of carbonyl (C=O) groups excluding carboxylic acids is 3. The molecule has 3 amide bonds. The highest BCUT2D eigenvalue weighted by atomic mass is 79.9. The minimum absolute atomic E-state index is 0.000730. The third-order valence-corrected chi connectivity index (χ3v) is 12.3. The van der Waals surface area contributed by atoms with Crippen molar-refractivity contribution in [3.8, 4) is 0 Å². The molecule has 2 saturated carbocycles.